The first-order chi connectivity index (χ1) is 9.15. The molecule has 0 saturated heterocycles. The summed E-state index contributed by atoms with van der Waals surface area (Å²) in [6.07, 6.45) is 0. The first-order valence-corrected chi connectivity index (χ1v) is 6.99. The van der Waals surface area contributed by atoms with Gasteiger partial charge in [-0.2, -0.15) is 0 Å². The molecule has 98 valence electrons. The van der Waals surface area contributed by atoms with Gasteiger partial charge >= 0.3 is 0 Å². The van der Waals surface area contributed by atoms with Crippen molar-refractivity contribution in [2.24, 2.45) is 0 Å². The van der Waals surface area contributed by atoms with Crippen LogP contribution in [0.5, 0.6) is 5.75 Å². The van der Waals surface area contributed by atoms with Gasteiger partial charge in [-0.05, 0) is 54.6 Å². The molecule has 0 unspecified atom stereocenters. The number of para-hydroxylation sites is 1. The molecule has 0 aromatic heterocycles. The Hall–Kier alpha value is -1.45. The Morgan fingerprint density at radius 2 is 1.84 bits per heavy atom. The minimum absolute atomic E-state index is 0.0365. The number of thioether (sulfide) groups is 1. The molecule has 2 nitrogen and oxygen atoms in total. The molecule has 19 heavy (non-hydrogen) atoms. The van der Waals surface area contributed by atoms with Crippen molar-refractivity contribution in [2.45, 2.75) is 11.8 Å². The van der Waals surface area contributed by atoms with E-state index in [1.807, 2.05) is 43.3 Å². The van der Waals surface area contributed by atoms with E-state index in [2.05, 4.69) is 0 Å². The maximum Gasteiger partial charge on any atom is 0.231 e. The van der Waals surface area contributed by atoms with Crippen LogP contribution in [0.2, 0.25) is 5.02 Å². The predicted molar refractivity (Wildman–Crippen MR) is 79.0 cm³/mol. The number of rotatable bonds is 4. The molecule has 0 heterocycles. The lowest BCUT2D eigenvalue weighted by atomic mass is 10.2. The largest absolute Gasteiger partial charge is 0.485 e. The van der Waals surface area contributed by atoms with E-state index in [0.717, 1.165) is 28.0 Å². The van der Waals surface area contributed by atoms with Gasteiger partial charge in [0.25, 0.3) is 0 Å². The molecule has 0 N–H and O–H groups in total. The van der Waals surface area contributed by atoms with Gasteiger partial charge in [0.15, 0.2) is 6.61 Å². The molecule has 0 spiro atoms. The highest BCUT2D eigenvalue weighted by Crippen LogP contribution is 2.22. The lowest BCUT2D eigenvalue weighted by Gasteiger charge is -2.07. The second kappa shape index (κ2) is 6.64. The van der Waals surface area contributed by atoms with Gasteiger partial charge in [0.2, 0.25) is 5.12 Å². The molecule has 2 aromatic rings. The highest BCUT2D eigenvalue weighted by molar-refractivity contribution is 8.13. The summed E-state index contributed by atoms with van der Waals surface area (Å²) in [4.78, 5) is 12.7. The zero-order chi connectivity index (χ0) is 13.7. The first kappa shape index (κ1) is 14.0. The van der Waals surface area contributed by atoms with E-state index >= 15 is 0 Å². The normalized spacial score (nSPS) is 10.2. The Morgan fingerprint density at radius 3 is 2.53 bits per heavy atom. The van der Waals surface area contributed by atoms with Crippen molar-refractivity contribution in [1.29, 1.82) is 0 Å². The van der Waals surface area contributed by atoms with Gasteiger partial charge in [-0.15, -0.1) is 0 Å². The smallest absolute Gasteiger partial charge is 0.231 e. The first-order valence-electron chi connectivity index (χ1n) is 5.80. The van der Waals surface area contributed by atoms with E-state index in [1.54, 1.807) is 12.1 Å². The topological polar surface area (TPSA) is 26.3 Å². The number of aryl methyl sites for hydroxylation is 1. The van der Waals surface area contributed by atoms with Gasteiger partial charge in [0.1, 0.15) is 5.75 Å². The van der Waals surface area contributed by atoms with E-state index in [1.165, 1.54) is 0 Å². The molecule has 2 aromatic carbocycles. The van der Waals surface area contributed by atoms with Gasteiger partial charge in [0.05, 0.1) is 0 Å². The second-order valence-corrected chi connectivity index (χ2v) is 5.55. The molecule has 0 aliphatic heterocycles. The summed E-state index contributed by atoms with van der Waals surface area (Å²) in [7, 11) is 0. The third-order valence-corrected chi connectivity index (χ3v) is 3.59. The summed E-state index contributed by atoms with van der Waals surface area (Å²) in [6.45, 7) is 2.00. The Bertz CT molecular complexity index is 567. The summed E-state index contributed by atoms with van der Waals surface area (Å²) < 4.78 is 5.50. The summed E-state index contributed by atoms with van der Waals surface area (Å²) in [6, 6.07) is 14.8. The van der Waals surface area contributed by atoms with Crippen LogP contribution in [0.25, 0.3) is 0 Å². The number of carbonyl (C=O) groups excluding carboxylic acids is 1. The van der Waals surface area contributed by atoms with E-state index < -0.39 is 0 Å². The fourth-order valence-corrected chi connectivity index (χ4v) is 2.30. The molecule has 0 saturated carbocycles. The lowest BCUT2D eigenvalue weighted by molar-refractivity contribution is -0.112. The van der Waals surface area contributed by atoms with Crippen LogP contribution < -0.4 is 4.74 Å². The van der Waals surface area contributed by atoms with Crippen LogP contribution in [0, 0.1) is 6.92 Å². The Labute approximate surface area is 121 Å². The molecule has 0 aliphatic rings. The average molecular weight is 293 g/mol. The fraction of sp³-hybridized carbons (Fsp3) is 0.133. The Kier molecular flexibility index (Phi) is 4.88. The summed E-state index contributed by atoms with van der Waals surface area (Å²) in [5.74, 6) is 0.743. The summed E-state index contributed by atoms with van der Waals surface area (Å²) >= 11 is 6.94. The van der Waals surface area contributed by atoms with Crippen molar-refractivity contribution < 1.29 is 9.53 Å². The quantitative estimate of drug-likeness (QED) is 0.784. The van der Waals surface area contributed by atoms with Gasteiger partial charge in [-0.25, -0.2) is 0 Å². The molecule has 0 radical (unpaired) electrons. The number of hydrogen-bond donors (Lipinski definition) is 0. The zero-order valence-corrected chi connectivity index (χ0v) is 12.0. The minimum Gasteiger partial charge on any atom is -0.485 e. The minimum atomic E-state index is -0.0365. The van der Waals surface area contributed by atoms with Crippen LogP contribution in [0.1, 0.15) is 5.56 Å². The van der Waals surface area contributed by atoms with Crippen LogP contribution >= 0.6 is 23.4 Å². The molecule has 0 bridgehead atoms. The van der Waals surface area contributed by atoms with Crippen LogP contribution in [0.15, 0.2) is 53.4 Å². The molecular weight excluding hydrogens is 280 g/mol. The third kappa shape index (κ3) is 4.30. The maximum atomic E-state index is 11.8. The van der Waals surface area contributed by atoms with Crippen LogP contribution in [-0.2, 0) is 4.79 Å². The van der Waals surface area contributed by atoms with Crippen LogP contribution in [-0.4, -0.2) is 11.7 Å². The molecule has 0 atom stereocenters. The van der Waals surface area contributed by atoms with Crippen LogP contribution in [0.3, 0.4) is 0 Å². The van der Waals surface area contributed by atoms with E-state index in [-0.39, 0.29) is 11.7 Å². The van der Waals surface area contributed by atoms with Crippen molar-refractivity contribution in [3.05, 3.63) is 59.1 Å². The molecule has 2 rings (SSSR count). The Balaban J connectivity index is 1.88. The van der Waals surface area contributed by atoms with Crippen molar-refractivity contribution in [3.8, 4) is 5.75 Å². The number of ether oxygens (including phenoxy) is 1. The van der Waals surface area contributed by atoms with Crippen LogP contribution in [0.4, 0.5) is 0 Å². The SMILES string of the molecule is Cc1ccccc1OCC(=O)Sc1ccc(Cl)cc1. The number of halogens is 1. The standard InChI is InChI=1S/C15H13ClO2S/c1-11-4-2-3-5-14(11)18-10-15(17)19-13-8-6-12(16)7-9-13/h2-9H,10H2,1H3. The Morgan fingerprint density at radius 1 is 1.16 bits per heavy atom. The zero-order valence-electron chi connectivity index (χ0n) is 10.4. The monoisotopic (exact) mass is 292 g/mol. The fourth-order valence-electron chi connectivity index (χ4n) is 1.52. The number of carbonyl (C=O) groups is 1. The summed E-state index contributed by atoms with van der Waals surface area (Å²) in [5.41, 5.74) is 1.02. The van der Waals surface area contributed by atoms with Crippen molar-refractivity contribution in [2.75, 3.05) is 6.61 Å². The van der Waals surface area contributed by atoms with E-state index in [9.17, 15) is 4.79 Å². The van der Waals surface area contributed by atoms with E-state index in [0.29, 0.717) is 5.02 Å². The molecule has 0 fully saturated rings. The third-order valence-electron chi connectivity index (χ3n) is 2.48. The highest BCUT2D eigenvalue weighted by Gasteiger charge is 2.07. The maximum absolute atomic E-state index is 11.8. The molecule has 0 aliphatic carbocycles. The highest BCUT2D eigenvalue weighted by atomic mass is 35.5. The summed E-state index contributed by atoms with van der Waals surface area (Å²) in [5, 5.41) is 0.624. The van der Waals surface area contributed by atoms with E-state index in [4.69, 9.17) is 16.3 Å². The van der Waals surface area contributed by atoms with Crippen molar-refractivity contribution in [3.63, 3.8) is 0 Å². The lowest BCUT2D eigenvalue weighted by Crippen LogP contribution is -2.07. The van der Waals surface area contributed by atoms with Gasteiger partial charge in [-0.3, -0.25) is 4.79 Å². The average Bonchev–Trinajstić information content (AvgIpc) is 2.40. The van der Waals surface area contributed by atoms with Crippen molar-refractivity contribution in [1.82, 2.24) is 0 Å². The molecule has 4 heteroatoms. The van der Waals surface area contributed by atoms with Gasteiger partial charge in [0, 0.05) is 9.92 Å². The van der Waals surface area contributed by atoms with Crippen molar-refractivity contribution >= 4 is 28.5 Å². The number of benzene rings is 2. The molecule has 0 amide bonds. The predicted octanol–water partition coefficient (Wildman–Crippen LogP) is 4.35. The number of hydrogen-bond acceptors (Lipinski definition) is 3. The van der Waals surface area contributed by atoms with Gasteiger partial charge in [-0.1, -0.05) is 29.8 Å². The second-order valence-electron chi connectivity index (χ2n) is 3.98. The molecular formula is C15H13ClO2S. The van der Waals surface area contributed by atoms with Gasteiger partial charge < -0.3 is 4.74 Å².